The molecular formula is C22H31N5O3S. The van der Waals surface area contributed by atoms with Gasteiger partial charge in [-0.15, -0.1) is 0 Å². The zero-order valence-corrected chi connectivity index (χ0v) is 19.5. The van der Waals surface area contributed by atoms with Crippen LogP contribution in [0.4, 0.5) is 5.82 Å². The normalized spacial score (nSPS) is 17.9. The number of nitrogens with zero attached hydrogens (tertiary/aromatic N) is 3. The van der Waals surface area contributed by atoms with Crippen molar-refractivity contribution in [3.8, 4) is 5.75 Å². The Hall–Kier alpha value is -2.23. The van der Waals surface area contributed by atoms with Gasteiger partial charge in [0.15, 0.2) is 0 Å². The van der Waals surface area contributed by atoms with Crippen molar-refractivity contribution in [2.45, 2.75) is 50.5 Å². The molecule has 1 saturated heterocycles. The van der Waals surface area contributed by atoms with Crippen molar-refractivity contribution in [1.29, 1.82) is 0 Å². The van der Waals surface area contributed by atoms with E-state index in [0.717, 1.165) is 54.4 Å². The van der Waals surface area contributed by atoms with Crippen molar-refractivity contribution < 1.29 is 13.2 Å². The number of sulfonamides is 1. The standard InChI is InChI=1S/C22H31N5O3S/c1-14-12-20(15(2)11-19(14)30-4)31(28,29)27-10-7-17-18(13-27)25-21(26-22(17)23-3)16-5-8-24-9-6-16/h11-12,16,24H,5-10,13H2,1-4H3,(H,23,25,26). The molecule has 0 spiro atoms. The molecule has 4 rings (SSSR count). The van der Waals surface area contributed by atoms with Crippen LogP contribution in [0.25, 0.3) is 0 Å². The maximum atomic E-state index is 13.5. The molecule has 0 radical (unpaired) electrons. The van der Waals surface area contributed by atoms with Crippen LogP contribution in [0.2, 0.25) is 0 Å². The molecule has 9 heteroatoms. The van der Waals surface area contributed by atoms with Gasteiger partial charge < -0.3 is 15.4 Å². The third kappa shape index (κ3) is 4.14. The average molecular weight is 446 g/mol. The molecule has 0 amide bonds. The first-order chi connectivity index (χ1) is 14.8. The predicted octanol–water partition coefficient (Wildman–Crippen LogP) is 2.36. The molecule has 2 aromatic rings. The monoisotopic (exact) mass is 445 g/mol. The zero-order valence-electron chi connectivity index (χ0n) is 18.7. The van der Waals surface area contributed by atoms with Crippen LogP contribution >= 0.6 is 0 Å². The summed E-state index contributed by atoms with van der Waals surface area (Å²) in [5.74, 6) is 2.64. The highest BCUT2D eigenvalue weighted by Crippen LogP contribution is 2.33. The summed E-state index contributed by atoms with van der Waals surface area (Å²) in [5, 5.41) is 6.57. The highest BCUT2D eigenvalue weighted by atomic mass is 32.2. The lowest BCUT2D eigenvalue weighted by atomic mass is 9.96. The molecule has 0 bridgehead atoms. The molecule has 8 nitrogen and oxygen atoms in total. The van der Waals surface area contributed by atoms with E-state index in [1.54, 1.807) is 23.5 Å². The summed E-state index contributed by atoms with van der Waals surface area (Å²) in [6.45, 7) is 6.25. The fourth-order valence-corrected chi connectivity index (χ4v) is 6.19. The average Bonchev–Trinajstić information content (AvgIpc) is 2.79. The molecular weight excluding hydrogens is 414 g/mol. The number of fused-ring (bicyclic) bond motifs is 1. The number of methoxy groups -OCH3 is 1. The van der Waals surface area contributed by atoms with E-state index in [0.29, 0.717) is 35.1 Å². The number of piperidine rings is 1. The molecule has 3 heterocycles. The second kappa shape index (κ2) is 8.72. The number of nitrogens with one attached hydrogen (secondary N) is 2. The van der Waals surface area contributed by atoms with E-state index in [2.05, 4.69) is 10.6 Å². The second-order valence-corrected chi connectivity index (χ2v) is 10.2. The Balaban J connectivity index is 1.68. The maximum Gasteiger partial charge on any atom is 0.243 e. The van der Waals surface area contributed by atoms with Crippen LogP contribution < -0.4 is 15.4 Å². The van der Waals surface area contributed by atoms with Gasteiger partial charge >= 0.3 is 0 Å². The first kappa shape index (κ1) is 22.0. The molecule has 0 unspecified atom stereocenters. The van der Waals surface area contributed by atoms with Crippen LogP contribution in [0, 0.1) is 13.8 Å². The Morgan fingerprint density at radius 3 is 2.58 bits per heavy atom. The van der Waals surface area contributed by atoms with Crippen LogP contribution in [-0.4, -0.2) is 56.5 Å². The van der Waals surface area contributed by atoms with Crippen LogP contribution in [0.1, 0.15) is 47.0 Å². The summed E-state index contributed by atoms with van der Waals surface area (Å²) >= 11 is 0. The Morgan fingerprint density at radius 1 is 1.16 bits per heavy atom. The first-order valence-corrected chi connectivity index (χ1v) is 12.2. The lowest BCUT2D eigenvalue weighted by Crippen LogP contribution is -2.37. The second-order valence-electron chi connectivity index (χ2n) is 8.31. The number of rotatable bonds is 5. The van der Waals surface area contributed by atoms with E-state index in [-0.39, 0.29) is 6.54 Å². The van der Waals surface area contributed by atoms with Crippen molar-refractivity contribution in [3.05, 3.63) is 40.3 Å². The zero-order chi connectivity index (χ0) is 22.2. The highest BCUT2D eigenvalue weighted by Gasteiger charge is 2.33. The summed E-state index contributed by atoms with van der Waals surface area (Å²) in [6.07, 6.45) is 2.58. The van der Waals surface area contributed by atoms with Gasteiger partial charge in [0.2, 0.25) is 10.0 Å². The van der Waals surface area contributed by atoms with Crippen LogP contribution in [0.15, 0.2) is 17.0 Å². The summed E-state index contributed by atoms with van der Waals surface area (Å²) in [7, 11) is -0.197. The first-order valence-electron chi connectivity index (χ1n) is 10.8. The van der Waals surface area contributed by atoms with Crippen molar-refractivity contribution in [3.63, 3.8) is 0 Å². The minimum Gasteiger partial charge on any atom is -0.496 e. The maximum absolute atomic E-state index is 13.5. The van der Waals surface area contributed by atoms with Crippen molar-refractivity contribution in [2.24, 2.45) is 0 Å². The molecule has 0 aliphatic carbocycles. The molecule has 0 atom stereocenters. The number of benzene rings is 1. The molecule has 2 aliphatic heterocycles. The van der Waals surface area contributed by atoms with E-state index in [4.69, 9.17) is 14.7 Å². The van der Waals surface area contributed by atoms with Gasteiger partial charge in [-0.3, -0.25) is 0 Å². The van der Waals surface area contributed by atoms with Crippen molar-refractivity contribution in [2.75, 3.05) is 39.1 Å². The number of aryl methyl sites for hydroxylation is 2. The summed E-state index contributed by atoms with van der Waals surface area (Å²) in [6, 6.07) is 3.50. The van der Waals surface area contributed by atoms with E-state index >= 15 is 0 Å². The fourth-order valence-electron chi connectivity index (χ4n) is 4.50. The van der Waals surface area contributed by atoms with Crippen molar-refractivity contribution >= 4 is 15.8 Å². The Kier molecular flexibility index (Phi) is 6.18. The van der Waals surface area contributed by atoms with Crippen LogP contribution in [-0.2, 0) is 23.0 Å². The van der Waals surface area contributed by atoms with Gasteiger partial charge in [0.1, 0.15) is 17.4 Å². The minimum absolute atomic E-state index is 0.261. The highest BCUT2D eigenvalue weighted by molar-refractivity contribution is 7.89. The predicted molar refractivity (Wildman–Crippen MR) is 120 cm³/mol. The van der Waals surface area contributed by atoms with Gasteiger partial charge in [-0.1, -0.05) is 0 Å². The Bertz CT molecular complexity index is 1080. The number of ether oxygens (including phenoxy) is 1. The van der Waals surface area contributed by atoms with Gasteiger partial charge in [-0.2, -0.15) is 4.31 Å². The smallest absolute Gasteiger partial charge is 0.243 e. The topological polar surface area (TPSA) is 96.5 Å². The lowest BCUT2D eigenvalue weighted by Gasteiger charge is -2.30. The minimum atomic E-state index is -3.65. The molecule has 0 saturated carbocycles. The Labute approximate surface area is 184 Å². The fraction of sp³-hybridized carbons (Fsp3) is 0.545. The van der Waals surface area contributed by atoms with Gasteiger partial charge in [-0.05, 0) is 69.5 Å². The Morgan fingerprint density at radius 2 is 1.90 bits per heavy atom. The van der Waals surface area contributed by atoms with Gasteiger partial charge in [0.05, 0.1) is 24.2 Å². The van der Waals surface area contributed by atoms with Crippen molar-refractivity contribution in [1.82, 2.24) is 19.6 Å². The lowest BCUT2D eigenvalue weighted by molar-refractivity contribution is 0.380. The molecule has 31 heavy (non-hydrogen) atoms. The summed E-state index contributed by atoms with van der Waals surface area (Å²) in [4.78, 5) is 9.98. The SMILES string of the molecule is CNc1nc(C2CCNCC2)nc2c1CCN(S(=O)(=O)c1cc(C)c(OC)cc1C)C2. The number of aromatic nitrogens is 2. The van der Waals surface area contributed by atoms with Gasteiger partial charge in [0.25, 0.3) is 0 Å². The molecule has 168 valence electrons. The molecule has 2 N–H and O–H groups in total. The van der Waals surface area contributed by atoms with Gasteiger partial charge in [-0.25, -0.2) is 18.4 Å². The molecule has 2 aliphatic rings. The largest absolute Gasteiger partial charge is 0.496 e. The van der Waals surface area contributed by atoms with Crippen LogP contribution in [0.5, 0.6) is 5.75 Å². The van der Waals surface area contributed by atoms with Crippen LogP contribution in [0.3, 0.4) is 0 Å². The van der Waals surface area contributed by atoms with E-state index < -0.39 is 10.0 Å². The van der Waals surface area contributed by atoms with E-state index in [1.807, 2.05) is 20.9 Å². The number of hydrogen-bond acceptors (Lipinski definition) is 7. The number of hydrogen-bond donors (Lipinski definition) is 2. The number of anilines is 1. The summed E-state index contributed by atoms with van der Waals surface area (Å²) in [5.41, 5.74) is 3.32. The summed E-state index contributed by atoms with van der Waals surface area (Å²) < 4.78 is 33.9. The van der Waals surface area contributed by atoms with E-state index in [1.165, 1.54) is 0 Å². The van der Waals surface area contributed by atoms with Gasteiger partial charge in [0, 0.05) is 25.1 Å². The van der Waals surface area contributed by atoms with E-state index in [9.17, 15) is 8.42 Å². The molecule has 1 aromatic heterocycles. The molecule has 1 fully saturated rings. The third-order valence-electron chi connectivity index (χ3n) is 6.30. The quantitative estimate of drug-likeness (QED) is 0.729. The molecule has 1 aromatic carbocycles. The third-order valence-corrected chi connectivity index (χ3v) is 8.29.